The molecule has 0 spiro atoms. The lowest BCUT2D eigenvalue weighted by molar-refractivity contribution is -0.134. The van der Waals surface area contributed by atoms with Gasteiger partial charge in [0.1, 0.15) is 6.10 Å². The van der Waals surface area contributed by atoms with Crippen LogP contribution in [0.2, 0.25) is 0 Å². The predicted octanol–water partition coefficient (Wildman–Crippen LogP) is 0.178. The van der Waals surface area contributed by atoms with Gasteiger partial charge in [0.05, 0.1) is 12.7 Å². The lowest BCUT2D eigenvalue weighted by Gasteiger charge is -2.33. The number of carbonyl (C=O) groups excluding carboxylic acids is 3. The number of ether oxygens (including phenoxy) is 1. The molecule has 3 rings (SSSR count). The van der Waals surface area contributed by atoms with Crippen molar-refractivity contribution in [3.63, 3.8) is 0 Å². The van der Waals surface area contributed by atoms with Crippen molar-refractivity contribution in [2.75, 3.05) is 26.2 Å². The first-order valence-electron chi connectivity index (χ1n) is 8.41. The van der Waals surface area contributed by atoms with Gasteiger partial charge in [0.2, 0.25) is 17.7 Å². The molecule has 1 unspecified atom stereocenters. The second-order valence-electron chi connectivity index (χ2n) is 6.11. The van der Waals surface area contributed by atoms with Crippen molar-refractivity contribution in [3.05, 3.63) is 18.6 Å². The monoisotopic (exact) mass is 347 g/mol. The Kier molecular flexibility index (Phi) is 5.42. The number of rotatable bonds is 5. The minimum atomic E-state index is -0.424. The molecule has 2 fully saturated rings. The number of hydrogen-bond donors (Lipinski definition) is 1. The Labute approximate surface area is 145 Å². The molecule has 9 nitrogen and oxygen atoms in total. The highest BCUT2D eigenvalue weighted by molar-refractivity contribution is 5.96. The normalized spacial score (nSPS) is 21.0. The van der Waals surface area contributed by atoms with Crippen LogP contribution in [0.25, 0.3) is 0 Å². The minimum Gasteiger partial charge on any atom is -0.471 e. The number of likely N-dealkylation sites (tertiary alicyclic amines) is 1. The van der Waals surface area contributed by atoms with Crippen molar-refractivity contribution in [1.29, 1.82) is 0 Å². The summed E-state index contributed by atoms with van der Waals surface area (Å²) < 4.78 is 5.78. The van der Waals surface area contributed by atoms with Crippen LogP contribution >= 0.6 is 0 Å². The molecule has 0 saturated carbocycles. The molecule has 0 bridgehead atoms. The van der Waals surface area contributed by atoms with E-state index in [0.717, 1.165) is 12.8 Å². The largest absolute Gasteiger partial charge is 0.471 e. The number of piperidine rings is 1. The van der Waals surface area contributed by atoms with Gasteiger partial charge in [-0.2, -0.15) is 0 Å². The molecule has 0 aliphatic carbocycles. The molecule has 0 aromatic carbocycles. The zero-order valence-corrected chi connectivity index (χ0v) is 13.9. The number of imide groups is 1. The van der Waals surface area contributed by atoms with Gasteiger partial charge in [0.25, 0.3) is 0 Å². The average Bonchev–Trinajstić information content (AvgIpc) is 2.62. The Bertz CT molecular complexity index is 639. The molecular formula is C16H21N5O4. The van der Waals surface area contributed by atoms with Gasteiger partial charge in [-0.05, 0) is 12.8 Å². The van der Waals surface area contributed by atoms with Gasteiger partial charge in [-0.3, -0.25) is 19.9 Å². The third-order valence-corrected chi connectivity index (χ3v) is 4.30. The predicted molar refractivity (Wildman–Crippen MR) is 86.6 cm³/mol. The first-order chi connectivity index (χ1) is 12.1. The van der Waals surface area contributed by atoms with Gasteiger partial charge in [0, 0.05) is 44.9 Å². The number of amides is 4. The summed E-state index contributed by atoms with van der Waals surface area (Å²) >= 11 is 0. The molecule has 2 aliphatic heterocycles. The van der Waals surface area contributed by atoms with Crippen LogP contribution in [0.4, 0.5) is 4.79 Å². The van der Waals surface area contributed by atoms with Gasteiger partial charge in [-0.1, -0.05) is 0 Å². The summed E-state index contributed by atoms with van der Waals surface area (Å²) in [4.78, 5) is 46.6. The lowest BCUT2D eigenvalue weighted by Crippen LogP contribution is -2.51. The first-order valence-corrected chi connectivity index (χ1v) is 8.41. The SMILES string of the molecule is O=C1CCN(CCC(=O)N2CCCC(Oc3cnccn3)C2)C(=O)N1. The number of hydrogen-bond acceptors (Lipinski definition) is 6. The quantitative estimate of drug-likeness (QED) is 0.815. The van der Waals surface area contributed by atoms with Gasteiger partial charge < -0.3 is 14.5 Å². The van der Waals surface area contributed by atoms with E-state index in [4.69, 9.17) is 4.74 Å². The molecule has 1 aromatic heterocycles. The molecule has 4 amide bonds. The molecule has 25 heavy (non-hydrogen) atoms. The fourth-order valence-corrected chi connectivity index (χ4v) is 2.98. The highest BCUT2D eigenvalue weighted by Crippen LogP contribution is 2.16. The van der Waals surface area contributed by atoms with Crippen LogP contribution in [-0.2, 0) is 9.59 Å². The van der Waals surface area contributed by atoms with Crippen LogP contribution in [0.3, 0.4) is 0 Å². The molecule has 2 aliphatic rings. The molecular weight excluding hydrogens is 326 g/mol. The van der Waals surface area contributed by atoms with Gasteiger partial charge in [-0.25, -0.2) is 9.78 Å². The molecule has 2 saturated heterocycles. The van der Waals surface area contributed by atoms with E-state index in [1.165, 1.54) is 4.90 Å². The van der Waals surface area contributed by atoms with Crippen molar-refractivity contribution >= 4 is 17.8 Å². The maximum Gasteiger partial charge on any atom is 0.324 e. The van der Waals surface area contributed by atoms with Crippen LogP contribution in [0.5, 0.6) is 5.88 Å². The van der Waals surface area contributed by atoms with Crippen molar-refractivity contribution in [2.24, 2.45) is 0 Å². The van der Waals surface area contributed by atoms with Crippen molar-refractivity contribution < 1.29 is 19.1 Å². The number of carbonyl (C=O) groups is 3. The van der Waals surface area contributed by atoms with E-state index in [-0.39, 0.29) is 30.8 Å². The highest BCUT2D eigenvalue weighted by atomic mass is 16.5. The third kappa shape index (κ3) is 4.65. The van der Waals surface area contributed by atoms with Crippen LogP contribution in [0.1, 0.15) is 25.7 Å². The highest BCUT2D eigenvalue weighted by Gasteiger charge is 2.27. The van der Waals surface area contributed by atoms with E-state index >= 15 is 0 Å². The van der Waals surface area contributed by atoms with E-state index in [2.05, 4.69) is 15.3 Å². The Balaban J connectivity index is 1.47. The van der Waals surface area contributed by atoms with E-state index in [9.17, 15) is 14.4 Å². The fraction of sp³-hybridized carbons (Fsp3) is 0.562. The molecule has 134 valence electrons. The second-order valence-corrected chi connectivity index (χ2v) is 6.11. The summed E-state index contributed by atoms with van der Waals surface area (Å²) in [5.41, 5.74) is 0. The van der Waals surface area contributed by atoms with Crippen LogP contribution in [-0.4, -0.2) is 69.9 Å². The van der Waals surface area contributed by atoms with Crippen molar-refractivity contribution in [3.8, 4) is 5.88 Å². The number of urea groups is 1. The van der Waals surface area contributed by atoms with Crippen LogP contribution in [0.15, 0.2) is 18.6 Å². The zero-order chi connectivity index (χ0) is 17.6. The summed E-state index contributed by atoms with van der Waals surface area (Å²) in [7, 11) is 0. The fourth-order valence-electron chi connectivity index (χ4n) is 2.98. The number of nitrogens with zero attached hydrogens (tertiary/aromatic N) is 4. The first kappa shape index (κ1) is 17.1. The molecule has 1 N–H and O–H groups in total. The summed E-state index contributed by atoms with van der Waals surface area (Å²) in [5.74, 6) is 0.168. The average molecular weight is 347 g/mol. The molecule has 9 heteroatoms. The summed E-state index contributed by atoms with van der Waals surface area (Å²) in [5, 5.41) is 2.26. The zero-order valence-electron chi connectivity index (χ0n) is 13.9. The van der Waals surface area contributed by atoms with Crippen molar-refractivity contribution in [1.82, 2.24) is 25.1 Å². The van der Waals surface area contributed by atoms with E-state index in [1.807, 2.05) is 0 Å². The second kappa shape index (κ2) is 7.91. The Hall–Kier alpha value is -2.71. The maximum atomic E-state index is 12.4. The molecule has 1 aromatic rings. The molecule has 3 heterocycles. The van der Waals surface area contributed by atoms with Gasteiger partial charge in [-0.15, -0.1) is 0 Å². The topological polar surface area (TPSA) is 105 Å². The molecule has 0 radical (unpaired) electrons. The van der Waals surface area contributed by atoms with Crippen LogP contribution in [0, 0.1) is 0 Å². The lowest BCUT2D eigenvalue weighted by atomic mass is 10.1. The smallest absolute Gasteiger partial charge is 0.324 e. The van der Waals surface area contributed by atoms with E-state index < -0.39 is 6.03 Å². The van der Waals surface area contributed by atoms with Crippen LogP contribution < -0.4 is 10.1 Å². The Morgan fingerprint density at radius 2 is 2.20 bits per heavy atom. The third-order valence-electron chi connectivity index (χ3n) is 4.30. The van der Waals surface area contributed by atoms with Gasteiger partial charge in [0.15, 0.2) is 0 Å². The standard InChI is InChI=1S/C16H21N5O4/c22-13-3-8-20(16(24)19-13)9-4-15(23)21-7-1-2-12(11-21)25-14-10-17-5-6-18-14/h5-6,10,12H,1-4,7-9,11H2,(H,19,22,24). The number of aromatic nitrogens is 2. The minimum absolute atomic E-state index is 0.0165. The van der Waals surface area contributed by atoms with E-state index in [1.54, 1.807) is 23.5 Å². The summed E-state index contributed by atoms with van der Waals surface area (Å²) in [6, 6.07) is -0.424. The van der Waals surface area contributed by atoms with Gasteiger partial charge >= 0.3 is 6.03 Å². The maximum absolute atomic E-state index is 12.4. The Morgan fingerprint density at radius 1 is 1.32 bits per heavy atom. The van der Waals surface area contributed by atoms with Crippen molar-refractivity contribution in [2.45, 2.75) is 31.8 Å². The number of nitrogens with one attached hydrogen (secondary N) is 1. The Morgan fingerprint density at radius 3 is 2.96 bits per heavy atom. The van der Waals surface area contributed by atoms with E-state index in [0.29, 0.717) is 32.1 Å². The molecule has 1 atom stereocenters. The summed E-state index contributed by atoms with van der Waals surface area (Å²) in [6.07, 6.45) is 6.81. The summed E-state index contributed by atoms with van der Waals surface area (Å²) in [6.45, 7) is 1.85.